The monoisotopic (exact) mass is 370 g/mol. The number of anilines is 2. The molecule has 1 aromatic carbocycles. The van der Waals surface area contributed by atoms with Crippen LogP contribution in [0.1, 0.15) is 51.9 Å². The van der Waals surface area contributed by atoms with Crippen LogP contribution in [0.15, 0.2) is 24.3 Å². The average Bonchev–Trinajstić information content (AvgIpc) is 3.40. The first-order valence-corrected chi connectivity index (χ1v) is 10.4. The molecule has 146 valence electrons. The van der Waals surface area contributed by atoms with Gasteiger partial charge >= 0.3 is 5.97 Å². The van der Waals surface area contributed by atoms with Crippen LogP contribution in [0.2, 0.25) is 0 Å². The summed E-state index contributed by atoms with van der Waals surface area (Å²) >= 11 is 0. The lowest BCUT2D eigenvalue weighted by Gasteiger charge is -2.21. The van der Waals surface area contributed by atoms with Gasteiger partial charge in [0.15, 0.2) is 6.10 Å². The minimum atomic E-state index is -0.769. The van der Waals surface area contributed by atoms with E-state index in [0.29, 0.717) is 18.3 Å². The third-order valence-corrected chi connectivity index (χ3v) is 6.60. The lowest BCUT2D eigenvalue weighted by Crippen LogP contribution is -2.31. The number of nitrogens with one attached hydrogen (secondary N) is 1. The summed E-state index contributed by atoms with van der Waals surface area (Å²) in [6.07, 6.45) is 7.19. The summed E-state index contributed by atoms with van der Waals surface area (Å²) in [7, 11) is 0. The van der Waals surface area contributed by atoms with Gasteiger partial charge in [-0.3, -0.25) is 9.59 Å². The molecule has 4 rings (SSSR count). The molecule has 1 amide bonds. The molecule has 4 unspecified atom stereocenters. The number of benzene rings is 1. The molecule has 1 aromatic rings. The highest BCUT2D eigenvalue weighted by molar-refractivity contribution is 5.95. The maximum Gasteiger partial charge on any atom is 0.306 e. The van der Waals surface area contributed by atoms with Crippen LogP contribution >= 0.6 is 0 Å². The van der Waals surface area contributed by atoms with Crippen molar-refractivity contribution in [3.05, 3.63) is 24.3 Å². The fourth-order valence-corrected chi connectivity index (χ4v) is 5.11. The normalized spacial score (nSPS) is 27.6. The molecule has 0 aromatic heterocycles. The highest BCUT2D eigenvalue weighted by Gasteiger charge is 2.40. The van der Waals surface area contributed by atoms with Crippen LogP contribution in [0.3, 0.4) is 0 Å². The van der Waals surface area contributed by atoms with Gasteiger partial charge in [0.05, 0.1) is 0 Å². The van der Waals surface area contributed by atoms with Crippen LogP contribution in [0.4, 0.5) is 11.4 Å². The predicted octanol–water partition coefficient (Wildman–Crippen LogP) is 3.98. The van der Waals surface area contributed by atoms with E-state index in [0.717, 1.165) is 31.1 Å². The van der Waals surface area contributed by atoms with Gasteiger partial charge in [0.25, 0.3) is 5.91 Å². The molecule has 2 saturated carbocycles. The Morgan fingerprint density at radius 1 is 1.15 bits per heavy atom. The predicted molar refractivity (Wildman–Crippen MR) is 106 cm³/mol. The molecule has 2 bridgehead atoms. The fourth-order valence-electron chi connectivity index (χ4n) is 5.11. The Labute approximate surface area is 161 Å². The van der Waals surface area contributed by atoms with Gasteiger partial charge in [0.2, 0.25) is 0 Å². The van der Waals surface area contributed by atoms with E-state index in [1.54, 1.807) is 6.92 Å². The molecular formula is C22H30N2O3. The van der Waals surface area contributed by atoms with E-state index < -0.39 is 6.10 Å². The smallest absolute Gasteiger partial charge is 0.306 e. The summed E-state index contributed by atoms with van der Waals surface area (Å²) in [6, 6.07) is 7.89. The van der Waals surface area contributed by atoms with E-state index in [4.69, 9.17) is 4.74 Å². The molecule has 1 heterocycles. The van der Waals surface area contributed by atoms with Crippen LogP contribution in [0.5, 0.6) is 0 Å². The van der Waals surface area contributed by atoms with Gasteiger partial charge in [-0.05, 0) is 81.0 Å². The number of hydrogen-bond donors (Lipinski definition) is 1. The molecule has 5 nitrogen and oxygen atoms in total. The van der Waals surface area contributed by atoms with Crippen LogP contribution in [0.25, 0.3) is 0 Å². The Kier molecular flexibility index (Phi) is 5.37. The quantitative estimate of drug-likeness (QED) is 0.770. The van der Waals surface area contributed by atoms with Crippen molar-refractivity contribution in [3.8, 4) is 0 Å². The van der Waals surface area contributed by atoms with E-state index >= 15 is 0 Å². The van der Waals surface area contributed by atoms with Gasteiger partial charge in [-0.25, -0.2) is 0 Å². The zero-order valence-electron chi connectivity index (χ0n) is 16.2. The van der Waals surface area contributed by atoms with Crippen molar-refractivity contribution < 1.29 is 14.3 Å². The van der Waals surface area contributed by atoms with Crippen molar-refractivity contribution in [2.75, 3.05) is 23.3 Å². The number of nitrogens with zero attached hydrogens (tertiary/aromatic N) is 1. The van der Waals surface area contributed by atoms with Gasteiger partial charge in [0.1, 0.15) is 0 Å². The summed E-state index contributed by atoms with van der Waals surface area (Å²) in [5, 5.41) is 2.85. The van der Waals surface area contributed by atoms with Gasteiger partial charge in [-0.1, -0.05) is 6.42 Å². The molecule has 1 N–H and O–H groups in total. The lowest BCUT2D eigenvalue weighted by atomic mass is 9.86. The van der Waals surface area contributed by atoms with E-state index in [2.05, 4.69) is 10.2 Å². The Hall–Kier alpha value is -2.04. The summed E-state index contributed by atoms with van der Waals surface area (Å²) < 4.78 is 5.40. The van der Waals surface area contributed by atoms with Crippen molar-refractivity contribution in [1.29, 1.82) is 0 Å². The van der Waals surface area contributed by atoms with Crippen molar-refractivity contribution in [2.24, 2.45) is 17.8 Å². The Morgan fingerprint density at radius 2 is 1.89 bits per heavy atom. The SMILES string of the molecule is CC(OC(=O)CC1CC2CCC1C2)C(=O)Nc1ccc(N2CCCC2)cc1. The van der Waals surface area contributed by atoms with Crippen molar-refractivity contribution in [2.45, 2.75) is 58.0 Å². The molecule has 0 spiro atoms. The maximum absolute atomic E-state index is 12.4. The van der Waals surface area contributed by atoms with Gasteiger partial charge in [-0.15, -0.1) is 0 Å². The van der Waals surface area contributed by atoms with Crippen LogP contribution in [-0.4, -0.2) is 31.1 Å². The van der Waals surface area contributed by atoms with E-state index in [1.807, 2.05) is 24.3 Å². The number of carbonyl (C=O) groups is 2. The fraction of sp³-hybridized carbons (Fsp3) is 0.636. The van der Waals surface area contributed by atoms with Crippen LogP contribution in [-0.2, 0) is 14.3 Å². The van der Waals surface area contributed by atoms with Crippen molar-refractivity contribution in [1.82, 2.24) is 0 Å². The molecule has 27 heavy (non-hydrogen) atoms. The highest BCUT2D eigenvalue weighted by atomic mass is 16.5. The number of ether oxygens (including phenoxy) is 1. The zero-order valence-corrected chi connectivity index (χ0v) is 16.2. The molecule has 1 aliphatic heterocycles. The number of esters is 1. The number of hydrogen-bond acceptors (Lipinski definition) is 4. The number of fused-ring (bicyclic) bond motifs is 2. The molecule has 2 aliphatic carbocycles. The number of carbonyl (C=O) groups excluding carboxylic acids is 2. The second kappa shape index (κ2) is 7.91. The topological polar surface area (TPSA) is 58.6 Å². The van der Waals surface area contributed by atoms with E-state index in [1.165, 1.54) is 37.8 Å². The Morgan fingerprint density at radius 3 is 2.52 bits per heavy atom. The van der Waals surface area contributed by atoms with Gasteiger partial charge in [-0.2, -0.15) is 0 Å². The second-order valence-electron chi connectivity index (χ2n) is 8.50. The van der Waals surface area contributed by atoms with Crippen molar-refractivity contribution >= 4 is 23.3 Å². The molecule has 5 heteroatoms. The Balaban J connectivity index is 1.24. The third kappa shape index (κ3) is 4.28. The Bertz CT molecular complexity index is 681. The van der Waals surface area contributed by atoms with Crippen LogP contribution in [0, 0.1) is 17.8 Å². The minimum Gasteiger partial charge on any atom is -0.453 e. The molecular weight excluding hydrogens is 340 g/mol. The summed E-state index contributed by atoms with van der Waals surface area (Å²) in [5.74, 6) is 1.47. The largest absolute Gasteiger partial charge is 0.453 e. The first kappa shape index (κ1) is 18.3. The third-order valence-electron chi connectivity index (χ3n) is 6.60. The number of amides is 1. The average molecular weight is 370 g/mol. The molecule has 3 fully saturated rings. The summed E-state index contributed by atoms with van der Waals surface area (Å²) in [5.41, 5.74) is 1.93. The zero-order chi connectivity index (χ0) is 18.8. The first-order valence-electron chi connectivity index (χ1n) is 10.4. The van der Waals surface area contributed by atoms with Gasteiger partial charge in [0, 0.05) is 30.9 Å². The van der Waals surface area contributed by atoms with E-state index in [9.17, 15) is 9.59 Å². The molecule has 3 aliphatic rings. The van der Waals surface area contributed by atoms with E-state index in [-0.39, 0.29) is 11.9 Å². The molecule has 4 atom stereocenters. The minimum absolute atomic E-state index is 0.236. The molecule has 1 saturated heterocycles. The summed E-state index contributed by atoms with van der Waals surface area (Å²) in [6.45, 7) is 3.84. The van der Waals surface area contributed by atoms with Gasteiger partial charge < -0.3 is 15.0 Å². The second-order valence-corrected chi connectivity index (χ2v) is 8.50. The summed E-state index contributed by atoms with van der Waals surface area (Å²) in [4.78, 5) is 26.9. The first-order chi connectivity index (χ1) is 13.1. The standard InChI is InChI=1S/C22H30N2O3/c1-15(27-21(25)14-18-13-16-4-5-17(18)12-16)22(26)23-19-6-8-20(9-7-19)24-10-2-3-11-24/h6-9,15-18H,2-5,10-14H2,1H3,(H,23,26). The van der Waals surface area contributed by atoms with Crippen molar-refractivity contribution in [3.63, 3.8) is 0 Å². The molecule has 0 radical (unpaired) electrons. The number of rotatable bonds is 6. The maximum atomic E-state index is 12.4. The highest BCUT2D eigenvalue weighted by Crippen LogP contribution is 2.49. The lowest BCUT2D eigenvalue weighted by molar-refractivity contribution is -0.154. The van der Waals surface area contributed by atoms with Crippen LogP contribution < -0.4 is 10.2 Å².